The summed E-state index contributed by atoms with van der Waals surface area (Å²) >= 11 is 0. The maximum absolute atomic E-state index is 11.7. The van der Waals surface area contributed by atoms with Crippen molar-refractivity contribution in [3.63, 3.8) is 0 Å². The first-order valence-corrected chi connectivity index (χ1v) is 11.8. The van der Waals surface area contributed by atoms with Gasteiger partial charge in [-0.05, 0) is 59.0 Å². The van der Waals surface area contributed by atoms with Crippen LogP contribution in [-0.2, 0) is 14.5 Å². The van der Waals surface area contributed by atoms with Gasteiger partial charge >= 0.3 is 0 Å². The lowest BCUT2D eigenvalue weighted by molar-refractivity contribution is -0.485. The molecule has 178 valence electrons. The summed E-state index contributed by atoms with van der Waals surface area (Å²) < 4.78 is 6.23. The van der Waals surface area contributed by atoms with Gasteiger partial charge in [0.1, 0.15) is 5.60 Å². The molecule has 7 heteroatoms. The number of nitrogens with zero attached hydrogens (tertiary/aromatic N) is 1. The highest BCUT2D eigenvalue weighted by molar-refractivity contribution is 6.34. The first-order valence-electron chi connectivity index (χ1n) is 11.8. The predicted octanol–water partition coefficient (Wildman–Crippen LogP) is 7.12. The van der Waals surface area contributed by atoms with Crippen molar-refractivity contribution in [1.29, 1.82) is 0 Å². The van der Waals surface area contributed by atoms with Gasteiger partial charge in [0.25, 0.3) is 5.69 Å². The van der Waals surface area contributed by atoms with E-state index in [0.29, 0.717) is 5.39 Å². The van der Waals surface area contributed by atoms with E-state index in [-0.39, 0.29) is 16.5 Å². The first kappa shape index (κ1) is 22.0. The Hall–Kier alpha value is -3.52. The number of nitro groups is 1. The highest BCUT2D eigenvalue weighted by atomic mass is 17.2. The standard InChI is InChI=1S/C28H26N2O5/c1-15(2)26-33-27(28(3,4)35-34-26)29-22-13-11-18-17-8-6-10-21-23(30(31)32)14-12-19(25(17)21)16-7-5-9-20(22)24(16)18/h5-15,26-27,29H,1-4H3. The molecule has 1 heterocycles. The van der Waals surface area contributed by atoms with Crippen LogP contribution in [0.3, 0.4) is 0 Å². The number of non-ortho nitro benzene ring substituents is 1. The second kappa shape index (κ2) is 7.75. The number of nitro benzene ring substituents is 1. The van der Waals surface area contributed by atoms with E-state index in [1.54, 1.807) is 6.07 Å². The zero-order valence-electron chi connectivity index (χ0n) is 20.0. The van der Waals surface area contributed by atoms with Crippen LogP contribution in [0.2, 0.25) is 0 Å². The number of ether oxygens (including phenoxy) is 1. The number of rotatable bonds is 4. The van der Waals surface area contributed by atoms with E-state index in [1.807, 2.05) is 64.1 Å². The second-order valence-corrected chi connectivity index (χ2v) is 10.1. The van der Waals surface area contributed by atoms with Crippen molar-refractivity contribution in [3.8, 4) is 0 Å². The molecule has 2 unspecified atom stereocenters. The zero-order chi connectivity index (χ0) is 24.5. The van der Waals surface area contributed by atoms with E-state index in [0.717, 1.165) is 43.4 Å². The van der Waals surface area contributed by atoms with Gasteiger partial charge in [-0.25, -0.2) is 9.78 Å². The normalized spacial score (nSPS) is 20.4. The molecular formula is C28H26N2O5. The molecule has 0 radical (unpaired) electrons. The number of fused-ring (bicyclic) bond motifs is 2. The fraction of sp³-hybridized carbons (Fsp3) is 0.286. The van der Waals surface area contributed by atoms with Crippen LogP contribution in [-0.4, -0.2) is 23.0 Å². The van der Waals surface area contributed by atoms with Gasteiger partial charge in [0, 0.05) is 28.4 Å². The molecule has 1 N–H and O–H groups in total. The van der Waals surface area contributed by atoms with Gasteiger partial charge in [-0.3, -0.25) is 10.1 Å². The maximum Gasteiger partial charge on any atom is 0.277 e. The lowest BCUT2D eigenvalue weighted by atomic mass is 9.89. The van der Waals surface area contributed by atoms with Crippen LogP contribution in [0, 0.1) is 16.0 Å². The van der Waals surface area contributed by atoms with Crippen molar-refractivity contribution in [1.82, 2.24) is 0 Å². The SMILES string of the molecule is CC(C)C1OOC(C)(C)C(Nc2ccc3c4cccc5c([N+](=O)[O-])ccc(c6cccc2c36)c54)O1. The third kappa shape index (κ3) is 3.31. The summed E-state index contributed by atoms with van der Waals surface area (Å²) in [5, 5.41) is 23.1. The largest absolute Gasteiger partial charge is 0.357 e. The molecule has 1 saturated heterocycles. The number of nitrogens with one attached hydrogen (secondary N) is 1. The Morgan fingerprint density at radius 3 is 2.09 bits per heavy atom. The lowest BCUT2D eigenvalue weighted by Crippen LogP contribution is -2.54. The number of anilines is 1. The van der Waals surface area contributed by atoms with Crippen molar-refractivity contribution in [3.05, 3.63) is 70.8 Å². The van der Waals surface area contributed by atoms with E-state index in [1.165, 1.54) is 0 Å². The minimum Gasteiger partial charge on any atom is -0.357 e. The van der Waals surface area contributed by atoms with Crippen LogP contribution < -0.4 is 5.32 Å². The van der Waals surface area contributed by atoms with E-state index in [4.69, 9.17) is 14.5 Å². The number of hydrogen-bond acceptors (Lipinski definition) is 6. The summed E-state index contributed by atoms with van der Waals surface area (Å²) in [6, 6.07) is 19.6. The highest BCUT2D eigenvalue weighted by Gasteiger charge is 2.41. The highest BCUT2D eigenvalue weighted by Crippen LogP contribution is 2.44. The van der Waals surface area contributed by atoms with Crippen LogP contribution >= 0.6 is 0 Å². The van der Waals surface area contributed by atoms with Crippen molar-refractivity contribution in [2.45, 2.75) is 45.8 Å². The van der Waals surface area contributed by atoms with Gasteiger partial charge in [0.05, 0.1) is 10.3 Å². The topological polar surface area (TPSA) is 82.9 Å². The molecule has 6 rings (SSSR count). The molecule has 5 aromatic carbocycles. The van der Waals surface area contributed by atoms with Gasteiger partial charge in [-0.15, -0.1) is 0 Å². The van der Waals surface area contributed by atoms with Crippen LogP contribution in [0.25, 0.3) is 43.1 Å². The smallest absolute Gasteiger partial charge is 0.277 e. The minimum atomic E-state index is -0.706. The Balaban J connectivity index is 1.58. The molecule has 1 aliphatic rings. The van der Waals surface area contributed by atoms with Crippen LogP contribution in [0.15, 0.2) is 60.7 Å². The van der Waals surface area contributed by atoms with Gasteiger partial charge in [0.15, 0.2) is 12.5 Å². The molecule has 0 aromatic heterocycles. The molecule has 0 saturated carbocycles. The molecule has 0 amide bonds. The maximum atomic E-state index is 11.7. The summed E-state index contributed by atoms with van der Waals surface area (Å²) in [6.07, 6.45) is -0.900. The van der Waals surface area contributed by atoms with Crippen molar-refractivity contribution < 1.29 is 19.4 Å². The van der Waals surface area contributed by atoms with E-state index in [2.05, 4.69) is 23.5 Å². The molecule has 1 aliphatic heterocycles. The molecule has 0 bridgehead atoms. The molecule has 2 atom stereocenters. The number of benzene rings is 5. The fourth-order valence-electron chi connectivity index (χ4n) is 5.13. The van der Waals surface area contributed by atoms with E-state index >= 15 is 0 Å². The van der Waals surface area contributed by atoms with E-state index < -0.39 is 18.1 Å². The van der Waals surface area contributed by atoms with Crippen LogP contribution in [0.1, 0.15) is 27.7 Å². The monoisotopic (exact) mass is 470 g/mol. The molecule has 0 aliphatic carbocycles. The molecule has 5 aromatic rings. The summed E-state index contributed by atoms with van der Waals surface area (Å²) in [6.45, 7) is 7.90. The molecule has 1 fully saturated rings. The summed E-state index contributed by atoms with van der Waals surface area (Å²) in [5.41, 5.74) is 0.342. The first-order chi connectivity index (χ1) is 16.8. The zero-order valence-corrected chi connectivity index (χ0v) is 20.0. The van der Waals surface area contributed by atoms with Crippen LogP contribution in [0.4, 0.5) is 11.4 Å². The van der Waals surface area contributed by atoms with Crippen molar-refractivity contribution in [2.24, 2.45) is 5.92 Å². The van der Waals surface area contributed by atoms with Crippen molar-refractivity contribution >= 4 is 54.5 Å². The van der Waals surface area contributed by atoms with Gasteiger partial charge in [0.2, 0.25) is 0 Å². The number of hydrogen-bond donors (Lipinski definition) is 1. The van der Waals surface area contributed by atoms with Crippen LogP contribution in [0.5, 0.6) is 0 Å². The predicted molar refractivity (Wildman–Crippen MR) is 138 cm³/mol. The van der Waals surface area contributed by atoms with Gasteiger partial charge in [-0.1, -0.05) is 50.2 Å². The average molecular weight is 471 g/mol. The Morgan fingerprint density at radius 2 is 1.43 bits per heavy atom. The Morgan fingerprint density at radius 1 is 0.857 bits per heavy atom. The Kier molecular flexibility index (Phi) is 4.86. The summed E-state index contributed by atoms with van der Waals surface area (Å²) in [7, 11) is 0. The molecular weight excluding hydrogens is 444 g/mol. The summed E-state index contributed by atoms with van der Waals surface area (Å²) in [5.74, 6) is 0.132. The summed E-state index contributed by atoms with van der Waals surface area (Å²) in [4.78, 5) is 22.5. The molecule has 0 spiro atoms. The average Bonchev–Trinajstić information content (AvgIpc) is 2.83. The third-order valence-corrected chi connectivity index (χ3v) is 6.93. The van der Waals surface area contributed by atoms with E-state index in [9.17, 15) is 10.1 Å². The van der Waals surface area contributed by atoms with Gasteiger partial charge < -0.3 is 10.1 Å². The second-order valence-electron chi connectivity index (χ2n) is 10.1. The third-order valence-electron chi connectivity index (χ3n) is 6.93. The van der Waals surface area contributed by atoms with Gasteiger partial charge in [-0.2, -0.15) is 0 Å². The minimum absolute atomic E-state index is 0.123. The lowest BCUT2D eigenvalue weighted by Gasteiger charge is -2.42. The Labute approximate surface area is 202 Å². The quantitative estimate of drug-likeness (QED) is 0.0990. The van der Waals surface area contributed by atoms with Crippen molar-refractivity contribution in [2.75, 3.05) is 5.32 Å². The Bertz CT molecular complexity index is 1590. The molecule has 35 heavy (non-hydrogen) atoms. The fourth-order valence-corrected chi connectivity index (χ4v) is 5.13. The molecule has 7 nitrogen and oxygen atoms in total.